The molecule has 0 N–H and O–H groups in total. The van der Waals surface area contributed by atoms with Crippen LogP contribution in [0.2, 0.25) is 0 Å². The first-order chi connectivity index (χ1) is 10.4. The number of benzene rings is 1. The second kappa shape index (κ2) is 9.67. The van der Waals surface area contributed by atoms with Crippen molar-refractivity contribution in [1.82, 2.24) is 0 Å². The molecule has 1 aromatic carbocycles. The van der Waals surface area contributed by atoms with Gasteiger partial charge in [-0.1, -0.05) is 39.0 Å². The van der Waals surface area contributed by atoms with E-state index in [9.17, 15) is 0 Å². The lowest BCUT2D eigenvalue weighted by molar-refractivity contribution is 0.122. The van der Waals surface area contributed by atoms with E-state index >= 15 is 0 Å². The summed E-state index contributed by atoms with van der Waals surface area (Å²) in [6.45, 7) is 6.72. The van der Waals surface area contributed by atoms with Crippen LogP contribution in [0.1, 0.15) is 45.4 Å². The summed E-state index contributed by atoms with van der Waals surface area (Å²) in [6.07, 6.45) is 7.83. The van der Waals surface area contributed by atoms with E-state index in [1.165, 1.54) is 37.8 Å². The monoisotopic (exact) mass is 291 g/mol. The maximum atomic E-state index is 5.81. The highest BCUT2D eigenvalue weighted by Gasteiger charge is 2.10. The van der Waals surface area contributed by atoms with Crippen molar-refractivity contribution in [1.29, 1.82) is 0 Å². The molecule has 0 spiro atoms. The van der Waals surface area contributed by atoms with Crippen LogP contribution < -0.4 is 9.64 Å². The van der Waals surface area contributed by atoms with Gasteiger partial charge in [0.1, 0.15) is 5.75 Å². The first-order valence-corrected chi connectivity index (χ1v) is 8.45. The average Bonchev–Trinajstić information content (AvgIpc) is 2.55. The maximum Gasteiger partial charge on any atom is 0.119 e. The fourth-order valence-corrected chi connectivity index (χ4v) is 2.65. The van der Waals surface area contributed by atoms with E-state index in [1.807, 2.05) is 0 Å². The molecule has 1 aliphatic rings. The summed E-state index contributed by atoms with van der Waals surface area (Å²) < 4.78 is 11.2. The molecule has 0 radical (unpaired) electrons. The highest BCUT2D eigenvalue weighted by molar-refractivity contribution is 5.49. The molecule has 3 nitrogen and oxygen atoms in total. The molecule has 0 aliphatic carbocycles. The van der Waals surface area contributed by atoms with E-state index in [0.717, 1.165) is 45.1 Å². The van der Waals surface area contributed by atoms with Crippen LogP contribution in [0.3, 0.4) is 0 Å². The Morgan fingerprint density at radius 3 is 2.33 bits per heavy atom. The van der Waals surface area contributed by atoms with Gasteiger partial charge in [0, 0.05) is 18.8 Å². The van der Waals surface area contributed by atoms with Gasteiger partial charge in [0.2, 0.25) is 0 Å². The topological polar surface area (TPSA) is 21.7 Å². The lowest BCUT2D eigenvalue weighted by Gasteiger charge is -2.28. The molecular formula is C18H29NO2. The standard InChI is InChI=1S/C18H29NO2/c1-2-3-4-5-6-7-14-21-18-10-8-17(9-11-18)19-12-15-20-16-13-19/h8-11H,2-7,12-16H2,1H3. The highest BCUT2D eigenvalue weighted by Crippen LogP contribution is 2.20. The molecule has 1 aromatic rings. The molecule has 1 aliphatic heterocycles. The molecule has 2 rings (SSSR count). The first kappa shape index (κ1) is 16.2. The van der Waals surface area contributed by atoms with Gasteiger partial charge in [0.25, 0.3) is 0 Å². The van der Waals surface area contributed by atoms with Gasteiger partial charge in [-0.15, -0.1) is 0 Å². The van der Waals surface area contributed by atoms with Crippen LogP contribution in [-0.4, -0.2) is 32.9 Å². The van der Waals surface area contributed by atoms with Gasteiger partial charge in [-0.3, -0.25) is 0 Å². The second-order valence-corrected chi connectivity index (χ2v) is 5.71. The molecule has 21 heavy (non-hydrogen) atoms. The van der Waals surface area contributed by atoms with Gasteiger partial charge in [0.05, 0.1) is 19.8 Å². The van der Waals surface area contributed by atoms with Gasteiger partial charge in [-0.25, -0.2) is 0 Å². The fourth-order valence-electron chi connectivity index (χ4n) is 2.65. The summed E-state index contributed by atoms with van der Waals surface area (Å²) in [5.74, 6) is 0.987. The van der Waals surface area contributed by atoms with Crippen molar-refractivity contribution in [3.05, 3.63) is 24.3 Å². The molecule has 1 heterocycles. The van der Waals surface area contributed by atoms with E-state index in [0.29, 0.717) is 0 Å². The lowest BCUT2D eigenvalue weighted by atomic mass is 10.1. The third-order valence-corrected chi connectivity index (χ3v) is 3.98. The van der Waals surface area contributed by atoms with Crippen LogP contribution in [0.15, 0.2) is 24.3 Å². The van der Waals surface area contributed by atoms with Crippen molar-refractivity contribution < 1.29 is 9.47 Å². The molecule has 0 saturated carbocycles. The molecule has 0 aromatic heterocycles. The highest BCUT2D eigenvalue weighted by atomic mass is 16.5. The zero-order valence-electron chi connectivity index (χ0n) is 13.4. The molecule has 1 saturated heterocycles. The van der Waals surface area contributed by atoms with Gasteiger partial charge in [-0.05, 0) is 30.7 Å². The van der Waals surface area contributed by atoms with Crippen molar-refractivity contribution >= 4 is 5.69 Å². The summed E-state index contributed by atoms with van der Waals surface area (Å²) in [5, 5.41) is 0. The predicted octanol–water partition coefficient (Wildman–Crippen LogP) is 4.26. The van der Waals surface area contributed by atoms with E-state index in [1.54, 1.807) is 0 Å². The molecule has 3 heteroatoms. The predicted molar refractivity (Wildman–Crippen MR) is 88.3 cm³/mol. The van der Waals surface area contributed by atoms with Crippen LogP contribution in [0.25, 0.3) is 0 Å². The molecule has 0 atom stereocenters. The Morgan fingerprint density at radius 2 is 1.62 bits per heavy atom. The second-order valence-electron chi connectivity index (χ2n) is 5.71. The number of morpholine rings is 1. The maximum absolute atomic E-state index is 5.81. The SMILES string of the molecule is CCCCCCCCOc1ccc(N2CCOCC2)cc1. The molecule has 0 unspecified atom stereocenters. The fraction of sp³-hybridized carbons (Fsp3) is 0.667. The summed E-state index contributed by atoms with van der Waals surface area (Å²) in [4.78, 5) is 2.36. The van der Waals surface area contributed by atoms with E-state index < -0.39 is 0 Å². The van der Waals surface area contributed by atoms with Crippen LogP contribution in [-0.2, 0) is 4.74 Å². The first-order valence-electron chi connectivity index (χ1n) is 8.45. The number of nitrogens with zero attached hydrogens (tertiary/aromatic N) is 1. The quantitative estimate of drug-likeness (QED) is 0.634. The van der Waals surface area contributed by atoms with Crippen molar-refractivity contribution in [3.63, 3.8) is 0 Å². The Hall–Kier alpha value is -1.22. The molecular weight excluding hydrogens is 262 g/mol. The van der Waals surface area contributed by atoms with Gasteiger partial charge < -0.3 is 14.4 Å². The Balaban J connectivity index is 1.63. The van der Waals surface area contributed by atoms with E-state index in [2.05, 4.69) is 36.1 Å². The average molecular weight is 291 g/mol. The van der Waals surface area contributed by atoms with Gasteiger partial charge >= 0.3 is 0 Å². The number of anilines is 1. The zero-order valence-corrected chi connectivity index (χ0v) is 13.4. The largest absolute Gasteiger partial charge is 0.494 e. The van der Waals surface area contributed by atoms with Crippen molar-refractivity contribution in [2.24, 2.45) is 0 Å². The van der Waals surface area contributed by atoms with Crippen LogP contribution >= 0.6 is 0 Å². The Kier molecular flexibility index (Phi) is 7.44. The van der Waals surface area contributed by atoms with Crippen LogP contribution in [0, 0.1) is 0 Å². The molecule has 1 fully saturated rings. The molecule has 118 valence electrons. The third kappa shape index (κ3) is 5.96. The van der Waals surface area contributed by atoms with Crippen molar-refractivity contribution in [3.8, 4) is 5.75 Å². The normalized spacial score (nSPS) is 15.2. The molecule has 0 amide bonds. The summed E-state index contributed by atoms with van der Waals surface area (Å²) in [7, 11) is 0. The van der Waals surface area contributed by atoms with Gasteiger partial charge in [0.15, 0.2) is 0 Å². The van der Waals surface area contributed by atoms with Crippen molar-refractivity contribution in [2.45, 2.75) is 45.4 Å². The minimum absolute atomic E-state index is 0.830. The number of unbranched alkanes of at least 4 members (excludes halogenated alkanes) is 5. The third-order valence-electron chi connectivity index (χ3n) is 3.98. The Morgan fingerprint density at radius 1 is 0.952 bits per heavy atom. The van der Waals surface area contributed by atoms with Gasteiger partial charge in [-0.2, -0.15) is 0 Å². The minimum atomic E-state index is 0.830. The Bertz CT molecular complexity index is 371. The number of rotatable bonds is 9. The minimum Gasteiger partial charge on any atom is -0.494 e. The smallest absolute Gasteiger partial charge is 0.119 e. The lowest BCUT2D eigenvalue weighted by Crippen LogP contribution is -2.36. The van der Waals surface area contributed by atoms with Crippen LogP contribution in [0.4, 0.5) is 5.69 Å². The summed E-state index contributed by atoms with van der Waals surface area (Å²) >= 11 is 0. The summed E-state index contributed by atoms with van der Waals surface area (Å²) in [6, 6.07) is 8.48. The number of ether oxygens (including phenoxy) is 2. The molecule has 0 bridgehead atoms. The summed E-state index contributed by atoms with van der Waals surface area (Å²) in [5.41, 5.74) is 1.27. The van der Waals surface area contributed by atoms with E-state index in [-0.39, 0.29) is 0 Å². The zero-order chi connectivity index (χ0) is 14.8. The van der Waals surface area contributed by atoms with Crippen molar-refractivity contribution in [2.75, 3.05) is 37.8 Å². The van der Waals surface area contributed by atoms with Crippen LogP contribution in [0.5, 0.6) is 5.75 Å². The number of hydrogen-bond donors (Lipinski definition) is 0. The number of hydrogen-bond acceptors (Lipinski definition) is 3. The van der Waals surface area contributed by atoms with E-state index in [4.69, 9.17) is 9.47 Å². The Labute approximate surface area is 129 Å².